The standard InChI is InChI=1S/C16H21FN2OS/c17-13-8-6-12(7-9-13)15-19(10-11-21-15)16(20)18-14-4-2-1-3-5-14/h6-9,14-15H,1-5,10-11H2,(H,18,20)/t15-/m1/s1. The van der Waals surface area contributed by atoms with E-state index < -0.39 is 0 Å². The molecule has 1 aliphatic heterocycles. The van der Waals surface area contributed by atoms with E-state index >= 15 is 0 Å². The van der Waals surface area contributed by atoms with Gasteiger partial charge in [-0.25, -0.2) is 9.18 Å². The largest absolute Gasteiger partial charge is 0.335 e. The van der Waals surface area contributed by atoms with Crippen molar-refractivity contribution in [3.05, 3.63) is 35.6 Å². The maximum absolute atomic E-state index is 13.0. The number of hydrogen-bond donors (Lipinski definition) is 1. The molecule has 21 heavy (non-hydrogen) atoms. The Kier molecular flexibility index (Phi) is 4.68. The average molecular weight is 308 g/mol. The van der Waals surface area contributed by atoms with Crippen LogP contribution in [-0.4, -0.2) is 29.3 Å². The highest BCUT2D eigenvalue weighted by atomic mass is 32.2. The predicted molar refractivity (Wildman–Crippen MR) is 83.7 cm³/mol. The van der Waals surface area contributed by atoms with Gasteiger partial charge in [0.1, 0.15) is 11.2 Å². The van der Waals surface area contributed by atoms with E-state index in [2.05, 4.69) is 5.32 Å². The number of hydrogen-bond acceptors (Lipinski definition) is 2. The van der Waals surface area contributed by atoms with Crippen LogP contribution in [0, 0.1) is 5.82 Å². The first kappa shape index (κ1) is 14.7. The monoisotopic (exact) mass is 308 g/mol. The van der Waals surface area contributed by atoms with Gasteiger partial charge in [0.2, 0.25) is 0 Å². The summed E-state index contributed by atoms with van der Waals surface area (Å²) in [4.78, 5) is 14.4. The Morgan fingerprint density at radius 1 is 1.19 bits per heavy atom. The topological polar surface area (TPSA) is 32.3 Å². The molecular weight excluding hydrogens is 287 g/mol. The van der Waals surface area contributed by atoms with Gasteiger partial charge in [-0.1, -0.05) is 31.4 Å². The molecule has 0 aromatic heterocycles. The molecule has 1 saturated heterocycles. The Labute approximate surface area is 129 Å². The summed E-state index contributed by atoms with van der Waals surface area (Å²) in [6, 6.07) is 6.84. The second kappa shape index (κ2) is 6.69. The zero-order chi connectivity index (χ0) is 14.7. The van der Waals surface area contributed by atoms with Crippen molar-refractivity contribution in [2.75, 3.05) is 12.3 Å². The molecule has 3 rings (SSSR count). The predicted octanol–water partition coefficient (Wildman–Crippen LogP) is 3.92. The fraction of sp³-hybridized carbons (Fsp3) is 0.562. The second-order valence-corrected chi connectivity index (χ2v) is 6.94. The van der Waals surface area contributed by atoms with E-state index in [0.29, 0.717) is 6.04 Å². The highest BCUT2D eigenvalue weighted by Gasteiger charge is 2.31. The van der Waals surface area contributed by atoms with E-state index in [-0.39, 0.29) is 17.2 Å². The van der Waals surface area contributed by atoms with Gasteiger partial charge in [-0.05, 0) is 30.5 Å². The number of amides is 2. The number of nitrogens with zero attached hydrogens (tertiary/aromatic N) is 1. The summed E-state index contributed by atoms with van der Waals surface area (Å²) in [5.41, 5.74) is 0.998. The van der Waals surface area contributed by atoms with Crippen molar-refractivity contribution in [1.29, 1.82) is 0 Å². The number of nitrogens with one attached hydrogen (secondary N) is 1. The van der Waals surface area contributed by atoms with Gasteiger partial charge in [-0.15, -0.1) is 11.8 Å². The maximum Gasteiger partial charge on any atom is 0.318 e. The van der Waals surface area contributed by atoms with Crippen molar-refractivity contribution in [3.8, 4) is 0 Å². The highest BCUT2D eigenvalue weighted by Crippen LogP contribution is 2.37. The molecule has 0 unspecified atom stereocenters. The second-order valence-electron chi connectivity index (χ2n) is 5.75. The molecular formula is C16H21FN2OS. The number of carbonyl (C=O) groups excluding carboxylic acids is 1. The minimum atomic E-state index is -0.236. The van der Waals surface area contributed by atoms with Crippen LogP contribution in [0.3, 0.4) is 0 Å². The first-order valence-corrected chi connectivity index (χ1v) is 8.73. The van der Waals surface area contributed by atoms with E-state index in [1.54, 1.807) is 23.9 Å². The van der Waals surface area contributed by atoms with Crippen LogP contribution in [0.25, 0.3) is 0 Å². The normalized spacial score (nSPS) is 23.3. The molecule has 2 amide bonds. The van der Waals surface area contributed by atoms with Gasteiger partial charge in [0.05, 0.1) is 0 Å². The lowest BCUT2D eigenvalue weighted by Crippen LogP contribution is -2.45. The van der Waals surface area contributed by atoms with Crippen LogP contribution in [-0.2, 0) is 0 Å². The lowest BCUT2D eigenvalue weighted by Gasteiger charge is -2.29. The summed E-state index contributed by atoms with van der Waals surface area (Å²) in [6.45, 7) is 0.755. The summed E-state index contributed by atoms with van der Waals surface area (Å²) in [6.07, 6.45) is 5.88. The molecule has 1 atom stereocenters. The van der Waals surface area contributed by atoms with Crippen LogP contribution < -0.4 is 5.32 Å². The summed E-state index contributed by atoms with van der Waals surface area (Å²) < 4.78 is 13.0. The molecule has 1 saturated carbocycles. The molecule has 2 aliphatic rings. The van der Waals surface area contributed by atoms with Crippen molar-refractivity contribution >= 4 is 17.8 Å². The van der Waals surface area contributed by atoms with Crippen molar-refractivity contribution in [2.24, 2.45) is 0 Å². The van der Waals surface area contributed by atoms with Crippen LogP contribution in [0.5, 0.6) is 0 Å². The van der Waals surface area contributed by atoms with Gasteiger partial charge in [-0.3, -0.25) is 0 Å². The Morgan fingerprint density at radius 2 is 1.90 bits per heavy atom. The molecule has 114 valence electrons. The van der Waals surface area contributed by atoms with E-state index in [9.17, 15) is 9.18 Å². The van der Waals surface area contributed by atoms with Crippen LogP contribution in [0.2, 0.25) is 0 Å². The van der Waals surface area contributed by atoms with Gasteiger partial charge >= 0.3 is 6.03 Å². The minimum absolute atomic E-state index is 0.00851. The van der Waals surface area contributed by atoms with Gasteiger partial charge in [0, 0.05) is 18.3 Å². The zero-order valence-corrected chi connectivity index (χ0v) is 12.9. The summed E-state index contributed by atoms with van der Waals surface area (Å²) in [5, 5.41) is 3.18. The molecule has 0 spiro atoms. The smallest absolute Gasteiger partial charge is 0.318 e. The quantitative estimate of drug-likeness (QED) is 0.898. The SMILES string of the molecule is O=C(NC1CCCCC1)N1CCS[C@@H]1c1ccc(F)cc1. The first-order chi connectivity index (χ1) is 10.2. The Bertz CT molecular complexity index is 488. The molecule has 1 heterocycles. The van der Waals surface area contributed by atoms with Crippen LogP contribution in [0.1, 0.15) is 43.0 Å². The average Bonchev–Trinajstić information content (AvgIpc) is 2.98. The molecule has 1 aromatic rings. The third kappa shape index (κ3) is 3.51. The molecule has 5 heteroatoms. The Morgan fingerprint density at radius 3 is 2.62 bits per heavy atom. The number of carbonyl (C=O) groups is 1. The highest BCUT2D eigenvalue weighted by molar-refractivity contribution is 7.99. The molecule has 3 nitrogen and oxygen atoms in total. The van der Waals surface area contributed by atoms with E-state index in [4.69, 9.17) is 0 Å². The van der Waals surface area contributed by atoms with Gasteiger partial charge in [0.15, 0.2) is 0 Å². The number of urea groups is 1. The van der Waals surface area contributed by atoms with Crippen molar-refractivity contribution in [2.45, 2.75) is 43.5 Å². The summed E-state index contributed by atoms with van der Waals surface area (Å²) in [7, 11) is 0. The van der Waals surface area contributed by atoms with Crippen LogP contribution in [0.4, 0.5) is 9.18 Å². The molecule has 1 N–H and O–H groups in total. The number of benzene rings is 1. The molecule has 0 radical (unpaired) electrons. The van der Waals surface area contributed by atoms with E-state index in [0.717, 1.165) is 30.7 Å². The van der Waals surface area contributed by atoms with Crippen LogP contribution in [0.15, 0.2) is 24.3 Å². The van der Waals surface area contributed by atoms with E-state index in [1.165, 1.54) is 31.4 Å². The fourth-order valence-electron chi connectivity index (χ4n) is 3.09. The van der Waals surface area contributed by atoms with Gasteiger partial charge < -0.3 is 10.2 Å². The van der Waals surface area contributed by atoms with Crippen LogP contribution >= 0.6 is 11.8 Å². The maximum atomic E-state index is 13.0. The third-order valence-electron chi connectivity index (χ3n) is 4.24. The fourth-order valence-corrected chi connectivity index (χ4v) is 4.34. The molecule has 1 aromatic carbocycles. The first-order valence-electron chi connectivity index (χ1n) is 7.68. The van der Waals surface area contributed by atoms with Crippen molar-refractivity contribution < 1.29 is 9.18 Å². The van der Waals surface area contributed by atoms with Crippen molar-refractivity contribution in [1.82, 2.24) is 10.2 Å². The van der Waals surface area contributed by atoms with Gasteiger partial charge in [-0.2, -0.15) is 0 Å². The minimum Gasteiger partial charge on any atom is -0.335 e. The summed E-state index contributed by atoms with van der Waals surface area (Å²) >= 11 is 1.74. The number of thioether (sulfide) groups is 1. The number of halogens is 1. The summed E-state index contributed by atoms with van der Waals surface area (Å²) in [5.74, 6) is 0.695. The lowest BCUT2D eigenvalue weighted by atomic mass is 9.96. The van der Waals surface area contributed by atoms with E-state index in [1.807, 2.05) is 4.90 Å². The van der Waals surface area contributed by atoms with Gasteiger partial charge in [0.25, 0.3) is 0 Å². The molecule has 1 aliphatic carbocycles. The molecule has 0 bridgehead atoms. The third-order valence-corrected chi connectivity index (χ3v) is 5.50. The lowest BCUT2D eigenvalue weighted by molar-refractivity contribution is 0.192. The molecule has 2 fully saturated rings. The Hall–Kier alpha value is -1.23. The Balaban J connectivity index is 1.65. The van der Waals surface area contributed by atoms with Crippen molar-refractivity contribution in [3.63, 3.8) is 0 Å². The number of rotatable bonds is 2. The zero-order valence-electron chi connectivity index (χ0n) is 12.1.